The van der Waals surface area contributed by atoms with Gasteiger partial charge >= 0.3 is 0 Å². The number of nitrogens with zero attached hydrogens (tertiary/aromatic N) is 2. The van der Waals surface area contributed by atoms with Crippen LogP contribution in [0.3, 0.4) is 0 Å². The fourth-order valence-electron chi connectivity index (χ4n) is 6.03. The minimum absolute atomic E-state index is 0.0336. The van der Waals surface area contributed by atoms with Crippen molar-refractivity contribution in [2.75, 3.05) is 25.1 Å². The second-order valence-electron chi connectivity index (χ2n) is 9.51. The lowest BCUT2D eigenvalue weighted by molar-refractivity contribution is -0.138. The van der Waals surface area contributed by atoms with Crippen molar-refractivity contribution in [3.05, 3.63) is 65.2 Å². The predicted octanol–water partition coefficient (Wildman–Crippen LogP) is 4.37. The van der Waals surface area contributed by atoms with E-state index in [1.807, 2.05) is 30.3 Å². The third kappa shape index (κ3) is 3.80. The van der Waals surface area contributed by atoms with Gasteiger partial charge in [0.1, 0.15) is 0 Å². The van der Waals surface area contributed by atoms with Gasteiger partial charge in [-0.25, -0.2) is 0 Å². The largest absolute Gasteiger partial charge is 0.394 e. The zero-order valence-electron chi connectivity index (χ0n) is 18.8. The highest BCUT2D eigenvalue weighted by Gasteiger charge is 2.48. The lowest BCUT2D eigenvalue weighted by atomic mass is 9.81. The van der Waals surface area contributed by atoms with E-state index in [9.17, 15) is 9.90 Å². The van der Waals surface area contributed by atoms with Gasteiger partial charge in [-0.1, -0.05) is 49.3 Å². The van der Waals surface area contributed by atoms with Crippen LogP contribution < -0.4 is 4.90 Å². The minimum atomic E-state index is 0.0336. The number of benzene rings is 2. The van der Waals surface area contributed by atoms with Crippen molar-refractivity contribution < 1.29 is 9.90 Å². The number of hydrogen-bond donors (Lipinski definition) is 1. The Morgan fingerprint density at radius 2 is 1.75 bits per heavy atom. The number of aliphatic hydroxyl groups is 1. The van der Waals surface area contributed by atoms with Crippen LogP contribution in [-0.4, -0.2) is 42.2 Å². The van der Waals surface area contributed by atoms with Gasteiger partial charge in [0.2, 0.25) is 5.91 Å². The van der Waals surface area contributed by atoms with Gasteiger partial charge in [0.15, 0.2) is 0 Å². The van der Waals surface area contributed by atoms with Gasteiger partial charge in [0.25, 0.3) is 0 Å². The zero-order valence-corrected chi connectivity index (χ0v) is 18.8. The first-order chi connectivity index (χ1) is 15.7. The van der Waals surface area contributed by atoms with Crippen molar-refractivity contribution in [3.8, 4) is 11.8 Å². The van der Waals surface area contributed by atoms with Crippen LogP contribution in [0.2, 0.25) is 0 Å². The number of fused-ring (bicyclic) bond motifs is 3. The third-order valence-corrected chi connectivity index (χ3v) is 7.71. The van der Waals surface area contributed by atoms with E-state index >= 15 is 0 Å². The summed E-state index contributed by atoms with van der Waals surface area (Å²) in [6.07, 6.45) is 6.56. The zero-order chi connectivity index (χ0) is 22.1. The fraction of sp³-hybridized carbons (Fsp3) is 0.464. The lowest BCUT2D eigenvalue weighted by Crippen LogP contribution is -2.49. The number of carbonyl (C=O) groups is 1. The Morgan fingerprint density at radius 1 is 1.00 bits per heavy atom. The van der Waals surface area contributed by atoms with Crippen molar-refractivity contribution in [1.82, 2.24) is 4.90 Å². The maximum Gasteiger partial charge on any atom is 0.226 e. The Labute approximate surface area is 191 Å². The number of anilines is 1. The molecule has 0 bridgehead atoms. The van der Waals surface area contributed by atoms with E-state index in [1.54, 1.807) is 0 Å². The molecule has 166 valence electrons. The average molecular weight is 429 g/mol. The summed E-state index contributed by atoms with van der Waals surface area (Å²) in [6, 6.07) is 16.5. The molecule has 2 aliphatic heterocycles. The summed E-state index contributed by atoms with van der Waals surface area (Å²) in [5, 5.41) is 10.2. The maximum atomic E-state index is 13.6. The standard InChI is InChI=1S/C28H32N2O2/c1-29-25-15-14-21(13-12-20-8-4-2-5-9-20)18-24(25)27-23(26(29)19-31)16-17-30(27)28(32)22-10-6-3-7-11-22/h2,4-5,8-9,14-15,18,22-23,26-27,31H,3,6-7,10-11,16-17,19H2,1H3. The van der Waals surface area contributed by atoms with E-state index in [1.165, 1.54) is 12.0 Å². The molecule has 2 heterocycles. The fourth-order valence-corrected chi connectivity index (χ4v) is 6.03. The topological polar surface area (TPSA) is 43.8 Å². The van der Waals surface area contributed by atoms with Gasteiger partial charge < -0.3 is 14.9 Å². The molecular formula is C28H32N2O2. The van der Waals surface area contributed by atoms with Gasteiger partial charge in [0, 0.05) is 42.2 Å². The molecule has 3 aliphatic rings. The molecule has 1 saturated carbocycles. The van der Waals surface area contributed by atoms with Crippen molar-refractivity contribution in [2.24, 2.45) is 11.8 Å². The number of rotatable bonds is 2. The average Bonchev–Trinajstić information content (AvgIpc) is 3.29. The van der Waals surface area contributed by atoms with Crippen LogP contribution in [-0.2, 0) is 4.79 Å². The molecule has 0 spiro atoms. The van der Waals surface area contributed by atoms with Crippen molar-refractivity contribution >= 4 is 11.6 Å². The Morgan fingerprint density at radius 3 is 2.50 bits per heavy atom. The molecule has 1 N–H and O–H groups in total. The number of aliphatic hydroxyl groups excluding tert-OH is 1. The number of carbonyl (C=O) groups excluding carboxylic acids is 1. The van der Waals surface area contributed by atoms with Crippen LogP contribution in [0, 0.1) is 23.7 Å². The molecule has 3 unspecified atom stereocenters. The van der Waals surface area contributed by atoms with E-state index in [-0.39, 0.29) is 30.5 Å². The highest BCUT2D eigenvalue weighted by Crippen LogP contribution is 2.49. The summed E-state index contributed by atoms with van der Waals surface area (Å²) >= 11 is 0. The highest BCUT2D eigenvalue weighted by atomic mass is 16.3. The molecule has 5 rings (SSSR count). The monoisotopic (exact) mass is 428 g/mol. The summed E-state index contributed by atoms with van der Waals surface area (Å²) in [6.45, 7) is 0.895. The minimum Gasteiger partial charge on any atom is -0.394 e. The van der Waals surface area contributed by atoms with Crippen LogP contribution in [0.15, 0.2) is 48.5 Å². The summed E-state index contributed by atoms with van der Waals surface area (Å²) in [7, 11) is 2.07. The molecule has 2 aromatic rings. The summed E-state index contributed by atoms with van der Waals surface area (Å²) in [5.74, 6) is 7.32. The summed E-state index contributed by atoms with van der Waals surface area (Å²) in [5.41, 5.74) is 4.26. The van der Waals surface area contributed by atoms with Crippen LogP contribution in [0.25, 0.3) is 0 Å². The van der Waals surface area contributed by atoms with Crippen molar-refractivity contribution in [2.45, 2.75) is 50.6 Å². The molecular weight excluding hydrogens is 396 g/mol. The Balaban J connectivity index is 1.51. The van der Waals surface area contributed by atoms with E-state index < -0.39 is 0 Å². The van der Waals surface area contributed by atoms with Gasteiger partial charge in [-0.3, -0.25) is 4.79 Å². The number of amides is 1. The Bertz CT molecular complexity index is 1030. The first-order valence-corrected chi connectivity index (χ1v) is 12.0. The summed E-state index contributed by atoms with van der Waals surface area (Å²) in [4.78, 5) is 17.9. The van der Waals surface area contributed by atoms with E-state index in [0.29, 0.717) is 5.91 Å². The molecule has 1 saturated heterocycles. The number of likely N-dealkylation sites (tertiary alicyclic amines) is 1. The molecule has 4 nitrogen and oxygen atoms in total. The molecule has 32 heavy (non-hydrogen) atoms. The molecule has 1 aliphatic carbocycles. The number of hydrogen-bond acceptors (Lipinski definition) is 3. The second-order valence-corrected chi connectivity index (χ2v) is 9.51. The van der Waals surface area contributed by atoms with Gasteiger partial charge in [-0.05, 0) is 55.2 Å². The second kappa shape index (κ2) is 9.00. The summed E-state index contributed by atoms with van der Waals surface area (Å²) < 4.78 is 0. The van der Waals surface area contributed by atoms with Crippen LogP contribution >= 0.6 is 0 Å². The molecule has 2 aromatic carbocycles. The maximum absolute atomic E-state index is 13.6. The Hall–Kier alpha value is -2.77. The first-order valence-electron chi connectivity index (χ1n) is 12.0. The third-order valence-electron chi connectivity index (χ3n) is 7.71. The molecule has 0 radical (unpaired) electrons. The Kier molecular flexibility index (Phi) is 5.93. The van der Waals surface area contributed by atoms with Crippen molar-refractivity contribution in [3.63, 3.8) is 0 Å². The van der Waals surface area contributed by atoms with E-state index in [2.05, 4.69) is 46.9 Å². The quantitative estimate of drug-likeness (QED) is 0.723. The van der Waals surface area contributed by atoms with E-state index in [4.69, 9.17) is 0 Å². The van der Waals surface area contributed by atoms with Crippen LogP contribution in [0.1, 0.15) is 61.3 Å². The normalized spacial score (nSPS) is 25.0. The van der Waals surface area contributed by atoms with Gasteiger partial charge in [0.05, 0.1) is 18.7 Å². The van der Waals surface area contributed by atoms with Gasteiger partial charge in [-0.2, -0.15) is 0 Å². The van der Waals surface area contributed by atoms with E-state index in [0.717, 1.165) is 55.5 Å². The predicted molar refractivity (Wildman–Crippen MR) is 127 cm³/mol. The van der Waals surface area contributed by atoms with Crippen molar-refractivity contribution in [1.29, 1.82) is 0 Å². The molecule has 1 amide bonds. The van der Waals surface area contributed by atoms with Crippen LogP contribution in [0.4, 0.5) is 5.69 Å². The molecule has 3 atom stereocenters. The SMILES string of the molecule is CN1c2ccc(C#Cc3ccccc3)cc2C2C(CCN2C(=O)C2CCCCC2)C1CO. The highest BCUT2D eigenvalue weighted by molar-refractivity contribution is 5.80. The van der Waals surface area contributed by atoms with Crippen LogP contribution in [0.5, 0.6) is 0 Å². The number of likely N-dealkylation sites (N-methyl/N-ethyl adjacent to an activating group) is 1. The first kappa shape index (κ1) is 21.1. The smallest absolute Gasteiger partial charge is 0.226 e. The molecule has 2 fully saturated rings. The molecule has 0 aromatic heterocycles. The molecule has 4 heteroatoms. The lowest BCUT2D eigenvalue weighted by Gasteiger charge is -2.45. The van der Waals surface area contributed by atoms with Gasteiger partial charge in [-0.15, -0.1) is 0 Å².